The van der Waals surface area contributed by atoms with Crippen molar-refractivity contribution in [3.63, 3.8) is 0 Å². The highest BCUT2D eigenvalue weighted by Crippen LogP contribution is 2.26. The second-order valence-corrected chi connectivity index (χ2v) is 5.40. The topological polar surface area (TPSA) is 44.8 Å². The molecule has 0 heterocycles. The molecule has 0 fully saturated rings. The lowest BCUT2D eigenvalue weighted by Crippen LogP contribution is -2.35. The SMILES string of the molecule is CCOC(=O)C(OCC)C1C=CC=CC1=COc1ccccc1C. The van der Waals surface area contributed by atoms with Crippen LogP contribution in [-0.2, 0) is 14.3 Å². The number of para-hydroxylation sites is 1. The zero-order chi connectivity index (χ0) is 17.4. The van der Waals surface area contributed by atoms with Crippen LogP contribution in [0.5, 0.6) is 5.75 Å². The maximum Gasteiger partial charge on any atom is 0.336 e. The van der Waals surface area contributed by atoms with Gasteiger partial charge in [0, 0.05) is 12.5 Å². The number of hydrogen-bond donors (Lipinski definition) is 0. The van der Waals surface area contributed by atoms with Crippen molar-refractivity contribution in [3.8, 4) is 5.75 Å². The van der Waals surface area contributed by atoms with E-state index in [1.165, 1.54) is 0 Å². The fourth-order valence-corrected chi connectivity index (χ4v) is 2.51. The molecule has 1 aliphatic carbocycles. The summed E-state index contributed by atoms with van der Waals surface area (Å²) in [6, 6.07) is 7.79. The smallest absolute Gasteiger partial charge is 0.336 e. The Hall–Kier alpha value is -2.33. The van der Waals surface area contributed by atoms with Crippen molar-refractivity contribution in [2.45, 2.75) is 26.9 Å². The molecule has 0 radical (unpaired) electrons. The normalized spacial score (nSPS) is 19.3. The van der Waals surface area contributed by atoms with Crippen LogP contribution in [0.15, 0.2) is 60.4 Å². The molecule has 4 nitrogen and oxygen atoms in total. The van der Waals surface area contributed by atoms with Crippen molar-refractivity contribution < 1.29 is 19.0 Å². The zero-order valence-corrected chi connectivity index (χ0v) is 14.4. The zero-order valence-electron chi connectivity index (χ0n) is 14.4. The Morgan fingerprint density at radius 3 is 2.71 bits per heavy atom. The molecule has 1 aromatic rings. The highest BCUT2D eigenvalue weighted by Gasteiger charge is 2.31. The van der Waals surface area contributed by atoms with Gasteiger partial charge in [-0.3, -0.25) is 0 Å². The molecule has 1 aromatic carbocycles. The predicted molar refractivity (Wildman–Crippen MR) is 93.7 cm³/mol. The van der Waals surface area contributed by atoms with E-state index in [1.54, 1.807) is 13.2 Å². The monoisotopic (exact) mass is 328 g/mol. The van der Waals surface area contributed by atoms with Gasteiger partial charge in [0.15, 0.2) is 6.10 Å². The van der Waals surface area contributed by atoms with Crippen LogP contribution in [0.4, 0.5) is 0 Å². The summed E-state index contributed by atoms with van der Waals surface area (Å²) in [5.74, 6) is 0.194. The molecule has 0 spiro atoms. The van der Waals surface area contributed by atoms with Gasteiger partial charge in [0.2, 0.25) is 0 Å². The van der Waals surface area contributed by atoms with Gasteiger partial charge in [0.1, 0.15) is 5.75 Å². The maximum atomic E-state index is 12.2. The lowest BCUT2D eigenvalue weighted by molar-refractivity contribution is -0.158. The van der Waals surface area contributed by atoms with Crippen LogP contribution in [-0.4, -0.2) is 25.3 Å². The largest absolute Gasteiger partial charge is 0.464 e. The molecule has 0 saturated heterocycles. The average molecular weight is 328 g/mol. The number of allylic oxidation sites excluding steroid dienone is 3. The third-order valence-electron chi connectivity index (χ3n) is 3.71. The molecule has 2 atom stereocenters. The van der Waals surface area contributed by atoms with Gasteiger partial charge in [-0.05, 0) is 38.0 Å². The summed E-state index contributed by atoms with van der Waals surface area (Å²) in [7, 11) is 0. The first kappa shape index (κ1) is 18.0. The van der Waals surface area contributed by atoms with Gasteiger partial charge in [0.25, 0.3) is 0 Å². The van der Waals surface area contributed by atoms with Gasteiger partial charge >= 0.3 is 5.97 Å². The Morgan fingerprint density at radius 1 is 1.21 bits per heavy atom. The molecule has 1 aliphatic rings. The van der Waals surface area contributed by atoms with Gasteiger partial charge < -0.3 is 14.2 Å². The molecular weight excluding hydrogens is 304 g/mol. The number of esters is 1. The first-order valence-corrected chi connectivity index (χ1v) is 8.22. The fourth-order valence-electron chi connectivity index (χ4n) is 2.51. The van der Waals surface area contributed by atoms with E-state index in [-0.39, 0.29) is 11.9 Å². The van der Waals surface area contributed by atoms with Crippen molar-refractivity contribution in [1.29, 1.82) is 0 Å². The van der Waals surface area contributed by atoms with E-state index in [1.807, 2.05) is 62.4 Å². The predicted octanol–water partition coefficient (Wildman–Crippen LogP) is 3.97. The lowest BCUT2D eigenvalue weighted by atomic mass is 9.90. The third kappa shape index (κ3) is 4.59. The van der Waals surface area contributed by atoms with E-state index in [0.29, 0.717) is 13.2 Å². The molecule has 0 amide bonds. The Balaban J connectivity index is 2.21. The van der Waals surface area contributed by atoms with E-state index < -0.39 is 6.10 Å². The molecule has 128 valence electrons. The summed E-state index contributed by atoms with van der Waals surface area (Å²) in [5.41, 5.74) is 1.92. The number of aryl methyl sites for hydroxylation is 1. The van der Waals surface area contributed by atoms with E-state index in [9.17, 15) is 4.79 Å². The van der Waals surface area contributed by atoms with Crippen LogP contribution in [0.2, 0.25) is 0 Å². The first-order valence-electron chi connectivity index (χ1n) is 8.22. The molecule has 0 aromatic heterocycles. The van der Waals surface area contributed by atoms with Crippen molar-refractivity contribution >= 4 is 5.97 Å². The maximum absolute atomic E-state index is 12.2. The fraction of sp³-hybridized carbons (Fsp3) is 0.350. The number of carbonyl (C=O) groups is 1. The Bertz CT molecular complexity index is 643. The molecule has 0 N–H and O–H groups in total. The molecule has 2 unspecified atom stereocenters. The van der Waals surface area contributed by atoms with Crippen LogP contribution < -0.4 is 4.74 Å². The number of hydrogen-bond acceptors (Lipinski definition) is 4. The summed E-state index contributed by atoms with van der Waals surface area (Å²) in [6.45, 7) is 6.40. The van der Waals surface area contributed by atoms with Gasteiger partial charge in [-0.1, -0.05) is 42.5 Å². The first-order chi connectivity index (χ1) is 11.7. The minimum absolute atomic E-state index is 0.238. The second-order valence-electron chi connectivity index (χ2n) is 5.40. The Kier molecular flexibility index (Phi) is 6.82. The second kappa shape index (κ2) is 9.08. The molecular formula is C20H24O4. The van der Waals surface area contributed by atoms with Crippen LogP contribution in [0.25, 0.3) is 0 Å². The number of carbonyl (C=O) groups excluding carboxylic acids is 1. The van der Waals surface area contributed by atoms with Gasteiger partial charge in [-0.2, -0.15) is 0 Å². The summed E-state index contributed by atoms with van der Waals surface area (Å²) in [4.78, 5) is 12.2. The minimum Gasteiger partial charge on any atom is -0.464 e. The van der Waals surface area contributed by atoms with Crippen molar-refractivity contribution in [2.75, 3.05) is 13.2 Å². The number of rotatable bonds is 7. The molecule has 24 heavy (non-hydrogen) atoms. The van der Waals surface area contributed by atoms with Gasteiger partial charge in [0.05, 0.1) is 12.9 Å². The summed E-state index contributed by atoms with van der Waals surface area (Å²) in [6.07, 6.45) is 8.68. The summed E-state index contributed by atoms with van der Waals surface area (Å²) in [5, 5.41) is 0. The minimum atomic E-state index is -0.678. The van der Waals surface area contributed by atoms with E-state index in [4.69, 9.17) is 14.2 Å². The van der Waals surface area contributed by atoms with Crippen LogP contribution in [0, 0.1) is 12.8 Å². The summed E-state index contributed by atoms with van der Waals surface area (Å²) >= 11 is 0. The average Bonchev–Trinajstić information content (AvgIpc) is 2.59. The van der Waals surface area contributed by atoms with E-state index in [0.717, 1.165) is 16.9 Å². The summed E-state index contributed by atoms with van der Waals surface area (Å²) < 4.78 is 16.6. The molecule has 0 aliphatic heterocycles. The number of benzene rings is 1. The van der Waals surface area contributed by atoms with E-state index >= 15 is 0 Å². The highest BCUT2D eigenvalue weighted by molar-refractivity contribution is 5.76. The Morgan fingerprint density at radius 2 is 2.00 bits per heavy atom. The molecule has 0 bridgehead atoms. The molecule has 0 saturated carbocycles. The standard InChI is InChI=1S/C20H24O4/c1-4-22-19(20(21)23-5-2)17-12-8-7-11-16(17)14-24-18-13-9-6-10-15(18)3/h6-14,17,19H,4-5H2,1-3H3. The van der Waals surface area contributed by atoms with Crippen LogP contribution in [0.1, 0.15) is 19.4 Å². The van der Waals surface area contributed by atoms with Crippen LogP contribution in [0.3, 0.4) is 0 Å². The number of ether oxygens (including phenoxy) is 3. The van der Waals surface area contributed by atoms with E-state index in [2.05, 4.69) is 0 Å². The van der Waals surface area contributed by atoms with Crippen molar-refractivity contribution in [1.82, 2.24) is 0 Å². The molecule has 4 heteroatoms. The quantitative estimate of drug-likeness (QED) is 0.561. The van der Waals surface area contributed by atoms with Crippen molar-refractivity contribution in [3.05, 3.63) is 66.0 Å². The van der Waals surface area contributed by atoms with Crippen molar-refractivity contribution in [2.24, 2.45) is 5.92 Å². The lowest BCUT2D eigenvalue weighted by Gasteiger charge is -2.25. The third-order valence-corrected chi connectivity index (χ3v) is 3.71. The van der Waals surface area contributed by atoms with Gasteiger partial charge in [-0.25, -0.2) is 4.79 Å². The highest BCUT2D eigenvalue weighted by atomic mass is 16.6. The molecule has 2 rings (SSSR count). The van der Waals surface area contributed by atoms with Gasteiger partial charge in [-0.15, -0.1) is 0 Å². The van der Waals surface area contributed by atoms with Crippen LogP contribution >= 0.6 is 0 Å². The Labute approximate surface area is 143 Å².